The van der Waals surface area contributed by atoms with Gasteiger partial charge in [-0.2, -0.15) is 0 Å². The fourth-order valence-corrected chi connectivity index (χ4v) is 3.87. The third-order valence-electron chi connectivity index (χ3n) is 5.58. The molecule has 4 rings (SSSR count). The molecule has 2 aliphatic heterocycles. The second kappa shape index (κ2) is 9.30. The van der Waals surface area contributed by atoms with E-state index >= 15 is 0 Å². The summed E-state index contributed by atoms with van der Waals surface area (Å²) in [6.07, 6.45) is 0. The van der Waals surface area contributed by atoms with Gasteiger partial charge in [0.05, 0.1) is 5.69 Å². The van der Waals surface area contributed by atoms with Gasteiger partial charge in [-0.1, -0.05) is 6.07 Å². The molecule has 2 aliphatic rings. The van der Waals surface area contributed by atoms with Gasteiger partial charge in [0, 0.05) is 63.6 Å². The molecule has 2 heterocycles. The van der Waals surface area contributed by atoms with Crippen LogP contribution in [0.5, 0.6) is 0 Å². The molecule has 2 N–H and O–H groups in total. The Morgan fingerprint density at radius 2 is 1.58 bits per heavy atom. The first-order valence-corrected chi connectivity index (χ1v) is 10.4. The minimum atomic E-state index is -0.459. The van der Waals surface area contributed by atoms with Crippen molar-refractivity contribution in [2.24, 2.45) is 0 Å². The van der Waals surface area contributed by atoms with E-state index in [1.165, 1.54) is 24.3 Å². The van der Waals surface area contributed by atoms with E-state index in [4.69, 9.17) is 0 Å². The monoisotopic (exact) mass is 429 g/mol. The van der Waals surface area contributed by atoms with Crippen LogP contribution in [0.3, 0.4) is 0 Å². The SMILES string of the molecule is O=C(Nc1ccc(N2CCNCC2)c(F)c1)N1CCN(C(=O)c2cccc(F)c2)CC1. The number of benzene rings is 2. The lowest BCUT2D eigenvalue weighted by molar-refractivity contribution is 0.0671. The van der Waals surface area contributed by atoms with Gasteiger partial charge in [0.25, 0.3) is 5.91 Å². The van der Waals surface area contributed by atoms with E-state index in [1.807, 2.05) is 4.90 Å². The first-order chi connectivity index (χ1) is 15.0. The highest BCUT2D eigenvalue weighted by Crippen LogP contribution is 2.23. The summed E-state index contributed by atoms with van der Waals surface area (Å²) >= 11 is 0. The van der Waals surface area contributed by atoms with Crippen molar-refractivity contribution in [2.45, 2.75) is 0 Å². The number of nitrogens with zero attached hydrogens (tertiary/aromatic N) is 3. The number of halogens is 2. The van der Waals surface area contributed by atoms with Crippen LogP contribution in [0.2, 0.25) is 0 Å². The lowest BCUT2D eigenvalue weighted by atomic mass is 10.2. The lowest BCUT2D eigenvalue weighted by Crippen LogP contribution is -2.51. The Hall–Kier alpha value is -3.20. The van der Waals surface area contributed by atoms with Gasteiger partial charge < -0.3 is 25.3 Å². The van der Waals surface area contributed by atoms with Gasteiger partial charge in [0.15, 0.2) is 0 Å². The van der Waals surface area contributed by atoms with Crippen LogP contribution in [0.4, 0.5) is 25.0 Å². The molecule has 0 aromatic heterocycles. The predicted octanol–water partition coefficient (Wildman–Crippen LogP) is 2.36. The molecule has 3 amide bonds. The fourth-order valence-electron chi connectivity index (χ4n) is 3.87. The Labute approximate surface area is 179 Å². The van der Waals surface area contributed by atoms with Gasteiger partial charge in [-0.15, -0.1) is 0 Å². The Bertz CT molecular complexity index is 957. The topological polar surface area (TPSA) is 67.9 Å². The van der Waals surface area contributed by atoms with Crippen molar-refractivity contribution in [1.82, 2.24) is 15.1 Å². The van der Waals surface area contributed by atoms with Gasteiger partial charge in [0.2, 0.25) is 0 Å². The van der Waals surface area contributed by atoms with E-state index in [-0.39, 0.29) is 23.3 Å². The maximum atomic E-state index is 14.6. The summed E-state index contributed by atoms with van der Waals surface area (Å²) in [5, 5.41) is 5.96. The van der Waals surface area contributed by atoms with Gasteiger partial charge in [-0.05, 0) is 36.4 Å². The summed E-state index contributed by atoms with van der Waals surface area (Å²) in [7, 11) is 0. The number of anilines is 2. The zero-order chi connectivity index (χ0) is 21.8. The highest BCUT2D eigenvalue weighted by molar-refractivity contribution is 5.94. The highest BCUT2D eigenvalue weighted by Gasteiger charge is 2.25. The number of nitrogens with one attached hydrogen (secondary N) is 2. The van der Waals surface area contributed by atoms with Gasteiger partial charge in [-0.25, -0.2) is 13.6 Å². The Morgan fingerprint density at radius 3 is 2.26 bits per heavy atom. The number of amides is 3. The summed E-state index contributed by atoms with van der Waals surface area (Å²) in [5.41, 5.74) is 1.21. The molecule has 0 unspecified atom stereocenters. The molecule has 9 heteroatoms. The normalized spacial score (nSPS) is 16.9. The third kappa shape index (κ3) is 4.93. The number of urea groups is 1. The van der Waals surface area contributed by atoms with Crippen molar-refractivity contribution >= 4 is 23.3 Å². The molecule has 7 nitrogen and oxygen atoms in total. The fraction of sp³-hybridized carbons (Fsp3) is 0.364. The average Bonchev–Trinajstić information content (AvgIpc) is 2.79. The van der Waals surface area contributed by atoms with Crippen molar-refractivity contribution in [3.63, 3.8) is 0 Å². The van der Waals surface area contributed by atoms with Crippen LogP contribution in [0, 0.1) is 11.6 Å². The van der Waals surface area contributed by atoms with Crippen LogP contribution in [0.15, 0.2) is 42.5 Å². The van der Waals surface area contributed by atoms with E-state index in [9.17, 15) is 18.4 Å². The number of piperazine rings is 2. The lowest BCUT2D eigenvalue weighted by Gasteiger charge is -2.34. The average molecular weight is 429 g/mol. The van der Waals surface area contributed by atoms with Crippen LogP contribution in [-0.2, 0) is 0 Å². The molecule has 31 heavy (non-hydrogen) atoms. The number of carbonyl (C=O) groups excluding carboxylic acids is 2. The summed E-state index contributed by atoms with van der Waals surface area (Å²) in [5.74, 6) is -1.09. The smallest absolute Gasteiger partial charge is 0.321 e. The standard InChI is InChI=1S/C22H25F2N5O2/c23-17-3-1-2-16(14-17)21(30)28-10-12-29(13-11-28)22(31)26-18-4-5-20(19(24)15-18)27-8-6-25-7-9-27/h1-5,14-15,25H,6-13H2,(H,26,31). The van der Waals surface area contributed by atoms with Crippen LogP contribution < -0.4 is 15.5 Å². The summed E-state index contributed by atoms with van der Waals surface area (Å²) in [6, 6.07) is 9.94. The summed E-state index contributed by atoms with van der Waals surface area (Å²) in [6.45, 7) is 4.47. The van der Waals surface area contributed by atoms with E-state index in [0.717, 1.165) is 26.2 Å². The van der Waals surface area contributed by atoms with Gasteiger partial charge >= 0.3 is 6.03 Å². The van der Waals surface area contributed by atoms with Crippen molar-refractivity contribution in [3.8, 4) is 0 Å². The van der Waals surface area contributed by atoms with E-state index in [2.05, 4.69) is 10.6 Å². The molecule has 2 saturated heterocycles. The zero-order valence-corrected chi connectivity index (χ0v) is 17.1. The maximum absolute atomic E-state index is 14.6. The second-order valence-electron chi connectivity index (χ2n) is 7.62. The van der Waals surface area contributed by atoms with E-state index in [0.29, 0.717) is 37.6 Å². The molecular weight excluding hydrogens is 404 g/mol. The summed E-state index contributed by atoms with van der Waals surface area (Å²) < 4.78 is 27.9. The summed E-state index contributed by atoms with van der Waals surface area (Å²) in [4.78, 5) is 30.2. The minimum absolute atomic E-state index is 0.259. The molecule has 0 atom stereocenters. The first kappa shape index (κ1) is 21.0. The number of hydrogen-bond acceptors (Lipinski definition) is 4. The Balaban J connectivity index is 1.32. The van der Waals surface area contributed by atoms with Crippen LogP contribution in [0.25, 0.3) is 0 Å². The van der Waals surface area contributed by atoms with Crippen molar-refractivity contribution in [2.75, 3.05) is 62.6 Å². The molecular formula is C22H25F2N5O2. The molecule has 0 spiro atoms. The van der Waals surface area contributed by atoms with Crippen LogP contribution in [-0.4, -0.2) is 74.1 Å². The first-order valence-electron chi connectivity index (χ1n) is 10.4. The van der Waals surface area contributed by atoms with Crippen molar-refractivity contribution in [3.05, 3.63) is 59.7 Å². The molecule has 0 bridgehead atoms. The predicted molar refractivity (Wildman–Crippen MR) is 114 cm³/mol. The van der Waals surface area contributed by atoms with Gasteiger partial charge in [0.1, 0.15) is 11.6 Å². The Morgan fingerprint density at radius 1 is 0.871 bits per heavy atom. The van der Waals surface area contributed by atoms with Gasteiger partial charge in [-0.3, -0.25) is 4.79 Å². The largest absolute Gasteiger partial charge is 0.367 e. The quantitative estimate of drug-likeness (QED) is 0.786. The molecule has 2 aromatic rings. The molecule has 2 fully saturated rings. The Kier molecular flexibility index (Phi) is 6.31. The number of carbonyl (C=O) groups is 2. The zero-order valence-electron chi connectivity index (χ0n) is 17.1. The second-order valence-corrected chi connectivity index (χ2v) is 7.62. The number of rotatable bonds is 3. The van der Waals surface area contributed by atoms with E-state index in [1.54, 1.807) is 28.0 Å². The van der Waals surface area contributed by atoms with Crippen LogP contribution in [0.1, 0.15) is 10.4 Å². The molecule has 0 saturated carbocycles. The highest BCUT2D eigenvalue weighted by atomic mass is 19.1. The third-order valence-corrected chi connectivity index (χ3v) is 5.58. The van der Waals surface area contributed by atoms with Crippen molar-refractivity contribution in [1.29, 1.82) is 0 Å². The van der Waals surface area contributed by atoms with E-state index < -0.39 is 5.82 Å². The molecule has 164 valence electrons. The molecule has 0 aliphatic carbocycles. The van der Waals surface area contributed by atoms with Crippen molar-refractivity contribution < 1.29 is 18.4 Å². The minimum Gasteiger partial charge on any atom is -0.367 e. The number of hydrogen-bond donors (Lipinski definition) is 2. The molecule has 0 radical (unpaired) electrons. The maximum Gasteiger partial charge on any atom is 0.321 e. The van der Waals surface area contributed by atoms with Crippen LogP contribution >= 0.6 is 0 Å². The molecule has 2 aromatic carbocycles.